The standard InChI is InChI=1S/C16H26N2O3/c1-4-17(5-2)14-9-7-13(8-10-14)15(16(20)21)18(6-3)11-12-19/h7-10,15,19H,4-6,11-12H2,1-3H3,(H,20,21). The van der Waals surface area contributed by atoms with Crippen LogP contribution in [0, 0.1) is 0 Å². The topological polar surface area (TPSA) is 64.0 Å². The smallest absolute Gasteiger partial charge is 0.325 e. The summed E-state index contributed by atoms with van der Waals surface area (Å²) in [5.41, 5.74) is 1.84. The number of carboxylic acid groups (broad SMARTS) is 1. The number of hydrogen-bond acceptors (Lipinski definition) is 4. The molecule has 0 saturated carbocycles. The maximum Gasteiger partial charge on any atom is 0.325 e. The van der Waals surface area contributed by atoms with Gasteiger partial charge in [0.2, 0.25) is 0 Å². The first-order valence-electron chi connectivity index (χ1n) is 7.51. The van der Waals surface area contributed by atoms with Crippen LogP contribution in [0.3, 0.4) is 0 Å². The highest BCUT2D eigenvalue weighted by Gasteiger charge is 2.26. The lowest BCUT2D eigenvalue weighted by Crippen LogP contribution is -2.36. The van der Waals surface area contributed by atoms with Gasteiger partial charge in [-0.05, 0) is 38.1 Å². The molecule has 1 rings (SSSR count). The first-order chi connectivity index (χ1) is 10.1. The molecular weight excluding hydrogens is 268 g/mol. The van der Waals surface area contributed by atoms with E-state index in [9.17, 15) is 9.90 Å². The van der Waals surface area contributed by atoms with Gasteiger partial charge in [-0.15, -0.1) is 0 Å². The molecule has 0 spiro atoms. The SMILES string of the molecule is CCN(CC)c1ccc(C(C(=O)O)N(CC)CCO)cc1. The Kier molecular flexibility index (Phi) is 7.19. The summed E-state index contributed by atoms with van der Waals surface area (Å²) in [6.45, 7) is 8.81. The molecule has 21 heavy (non-hydrogen) atoms. The summed E-state index contributed by atoms with van der Waals surface area (Å²) in [5.74, 6) is -0.888. The molecule has 0 aromatic heterocycles. The van der Waals surface area contributed by atoms with Gasteiger partial charge in [0.05, 0.1) is 6.61 Å². The van der Waals surface area contributed by atoms with E-state index in [0.717, 1.165) is 24.3 Å². The van der Waals surface area contributed by atoms with Crippen LogP contribution in [-0.2, 0) is 4.79 Å². The summed E-state index contributed by atoms with van der Waals surface area (Å²) in [6.07, 6.45) is 0. The molecule has 2 N–H and O–H groups in total. The lowest BCUT2D eigenvalue weighted by Gasteiger charge is -2.28. The quantitative estimate of drug-likeness (QED) is 0.729. The molecule has 1 unspecified atom stereocenters. The summed E-state index contributed by atoms with van der Waals surface area (Å²) in [5, 5.41) is 18.6. The van der Waals surface area contributed by atoms with E-state index in [-0.39, 0.29) is 6.61 Å². The minimum Gasteiger partial charge on any atom is -0.480 e. The highest BCUT2D eigenvalue weighted by molar-refractivity contribution is 5.75. The van der Waals surface area contributed by atoms with Crippen molar-refractivity contribution in [3.63, 3.8) is 0 Å². The second-order valence-corrected chi connectivity index (χ2v) is 4.86. The van der Waals surface area contributed by atoms with Gasteiger partial charge in [-0.3, -0.25) is 9.69 Å². The van der Waals surface area contributed by atoms with Crippen molar-refractivity contribution < 1.29 is 15.0 Å². The second-order valence-electron chi connectivity index (χ2n) is 4.86. The van der Waals surface area contributed by atoms with Gasteiger partial charge in [-0.1, -0.05) is 19.1 Å². The molecule has 1 atom stereocenters. The van der Waals surface area contributed by atoms with E-state index >= 15 is 0 Å². The Bertz CT molecular complexity index is 430. The fraction of sp³-hybridized carbons (Fsp3) is 0.562. The fourth-order valence-electron chi connectivity index (χ4n) is 2.56. The molecule has 0 aliphatic carbocycles. The minimum absolute atomic E-state index is 0.0465. The summed E-state index contributed by atoms with van der Waals surface area (Å²) in [6, 6.07) is 6.95. The Labute approximate surface area is 126 Å². The van der Waals surface area contributed by atoms with Crippen LogP contribution in [-0.4, -0.2) is 53.9 Å². The third-order valence-electron chi connectivity index (χ3n) is 3.73. The lowest BCUT2D eigenvalue weighted by atomic mass is 10.0. The Balaban J connectivity index is 3.01. The predicted octanol–water partition coefficient (Wildman–Crippen LogP) is 1.97. The number of carboxylic acids is 1. The van der Waals surface area contributed by atoms with Crippen LogP contribution in [0.25, 0.3) is 0 Å². The van der Waals surface area contributed by atoms with Crippen molar-refractivity contribution in [3.05, 3.63) is 29.8 Å². The number of likely N-dealkylation sites (N-methyl/N-ethyl adjacent to an activating group) is 1. The average molecular weight is 294 g/mol. The van der Waals surface area contributed by atoms with Crippen molar-refractivity contribution in [1.82, 2.24) is 4.90 Å². The number of carbonyl (C=O) groups is 1. The number of aliphatic hydroxyl groups excluding tert-OH is 1. The molecule has 0 amide bonds. The number of hydrogen-bond donors (Lipinski definition) is 2. The molecule has 5 heteroatoms. The lowest BCUT2D eigenvalue weighted by molar-refractivity contribution is -0.143. The Hall–Kier alpha value is -1.59. The zero-order chi connectivity index (χ0) is 15.8. The first kappa shape index (κ1) is 17.5. The molecule has 0 radical (unpaired) electrons. The third-order valence-corrected chi connectivity index (χ3v) is 3.73. The second kappa shape index (κ2) is 8.64. The molecule has 0 heterocycles. The molecule has 1 aromatic carbocycles. The molecule has 0 bridgehead atoms. The monoisotopic (exact) mass is 294 g/mol. The van der Waals surface area contributed by atoms with Crippen molar-refractivity contribution in [2.75, 3.05) is 37.7 Å². The van der Waals surface area contributed by atoms with Crippen LogP contribution < -0.4 is 4.90 Å². The van der Waals surface area contributed by atoms with Gasteiger partial charge in [-0.2, -0.15) is 0 Å². The zero-order valence-electron chi connectivity index (χ0n) is 13.1. The number of nitrogens with zero attached hydrogens (tertiary/aromatic N) is 2. The third kappa shape index (κ3) is 4.44. The number of aliphatic carboxylic acids is 1. The summed E-state index contributed by atoms with van der Waals surface area (Å²) in [4.78, 5) is 15.5. The van der Waals surface area contributed by atoms with Crippen LogP contribution >= 0.6 is 0 Å². The Morgan fingerprint density at radius 3 is 2.05 bits per heavy atom. The normalized spacial score (nSPS) is 12.4. The Morgan fingerprint density at radius 2 is 1.67 bits per heavy atom. The van der Waals surface area contributed by atoms with Crippen molar-refractivity contribution in [2.45, 2.75) is 26.8 Å². The van der Waals surface area contributed by atoms with Crippen LogP contribution in [0.4, 0.5) is 5.69 Å². The van der Waals surface area contributed by atoms with Crippen molar-refractivity contribution in [1.29, 1.82) is 0 Å². The number of rotatable bonds is 9. The van der Waals surface area contributed by atoms with Crippen LogP contribution in [0.15, 0.2) is 24.3 Å². The van der Waals surface area contributed by atoms with E-state index in [1.807, 2.05) is 31.2 Å². The molecule has 5 nitrogen and oxygen atoms in total. The van der Waals surface area contributed by atoms with Crippen molar-refractivity contribution >= 4 is 11.7 Å². The highest BCUT2D eigenvalue weighted by Crippen LogP contribution is 2.24. The summed E-state index contributed by atoms with van der Waals surface area (Å²) >= 11 is 0. The fourth-order valence-corrected chi connectivity index (χ4v) is 2.56. The zero-order valence-corrected chi connectivity index (χ0v) is 13.1. The maximum atomic E-state index is 11.6. The minimum atomic E-state index is -0.888. The maximum absolute atomic E-state index is 11.6. The van der Waals surface area contributed by atoms with Crippen molar-refractivity contribution in [3.8, 4) is 0 Å². The molecule has 0 fully saturated rings. The molecule has 118 valence electrons. The van der Waals surface area contributed by atoms with Gasteiger partial charge in [0, 0.05) is 25.3 Å². The number of anilines is 1. The molecule has 0 aliphatic rings. The molecule has 0 aliphatic heterocycles. The summed E-state index contributed by atoms with van der Waals surface area (Å²) < 4.78 is 0. The van der Waals surface area contributed by atoms with Gasteiger partial charge in [0.1, 0.15) is 6.04 Å². The van der Waals surface area contributed by atoms with Gasteiger partial charge in [-0.25, -0.2) is 0 Å². The van der Waals surface area contributed by atoms with E-state index in [1.54, 1.807) is 4.90 Å². The van der Waals surface area contributed by atoms with Crippen molar-refractivity contribution in [2.24, 2.45) is 0 Å². The number of benzene rings is 1. The van der Waals surface area contributed by atoms with E-state index < -0.39 is 12.0 Å². The largest absolute Gasteiger partial charge is 0.480 e. The van der Waals surface area contributed by atoms with E-state index in [1.165, 1.54) is 0 Å². The molecule has 0 saturated heterocycles. The summed E-state index contributed by atoms with van der Waals surface area (Å²) in [7, 11) is 0. The van der Waals surface area contributed by atoms with Crippen LogP contribution in [0.2, 0.25) is 0 Å². The van der Waals surface area contributed by atoms with Gasteiger partial charge >= 0.3 is 5.97 Å². The predicted molar refractivity (Wildman–Crippen MR) is 84.7 cm³/mol. The van der Waals surface area contributed by atoms with Crippen LogP contribution in [0.1, 0.15) is 32.4 Å². The molecule has 1 aromatic rings. The van der Waals surface area contributed by atoms with Gasteiger partial charge in [0.15, 0.2) is 0 Å². The van der Waals surface area contributed by atoms with Crippen LogP contribution in [0.5, 0.6) is 0 Å². The van der Waals surface area contributed by atoms with Gasteiger partial charge in [0.25, 0.3) is 0 Å². The molecular formula is C16H26N2O3. The van der Waals surface area contributed by atoms with E-state index in [0.29, 0.717) is 13.1 Å². The average Bonchev–Trinajstić information content (AvgIpc) is 2.49. The van der Waals surface area contributed by atoms with Gasteiger partial charge < -0.3 is 15.1 Å². The Morgan fingerprint density at radius 1 is 1.10 bits per heavy atom. The highest BCUT2D eigenvalue weighted by atomic mass is 16.4. The number of aliphatic hydroxyl groups is 1. The first-order valence-corrected chi connectivity index (χ1v) is 7.51. The van der Waals surface area contributed by atoms with E-state index in [4.69, 9.17) is 5.11 Å². The van der Waals surface area contributed by atoms with E-state index in [2.05, 4.69) is 18.7 Å².